The fraction of sp³-hybridized carbons (Fsp3) is 0.526. The van der Waals surface area contributed by atoms with Crippen molar-refractivity contribution in [3.05, 3.63) is 34.9 Å². The second kappa shape index (κ2) is 8.65. The van der Waals surface area contributed by atoms with E-state index in [9.17, 15) is 14.4 Å². The lowest BCUT2D eigenvalue weighted by Crippen LogP contribution is -2.34. The third-order valence-electron chi connectivity index (χ3n) is 3.33. The van der Waals surface area contributed by atoms with E-state index in [0.29, 0.717) is 5.56 Å². The Bertz CT molecular complexity index is 646. The minimum atomic E-state index is -0.880. The molecule has 0 fully saturated rings. The number of nitrogens with one attached hydrogen (secondary N) is 1. The maximum atomic E-state index is 12.4. The minimum Gasteiger partial charge on any atom is -0.454 e. The summed E-state index contributed by atoms with van der Waals surface area (Å²) in [7, 11) is 0. The van der Waals surface area contributed by atoms with Crippen LogP contribution < -0.4 is 5.32 Å². The smallest absolute Gasteiger partial charge is 0.407 e. The molecular weight excluding hydrogens is 322 g/mol. The maximum absolute atomic E-state index is 12.4. The van der Waals surface area contributed by atoms with E-state index in [4.69, 9.17) is 9.47 Å². The number of alkyl carbamates (subject to hydrolysis) is 1. The van der Waals surface area contributed by atoms with Gasteiger partial charge in [0.2, 0.25) is 5.78 Å². The number of hydrogen-bond donors (Lipinski definition) is 1. The zero-order valence-electron chi connectivity index (χ0n) is 15.8. The lowest BCUT2D eigenvalue weighted by atomic mass is 9.99. The summed E-state index contributed by atoms with van der Waals surface area (Å²) < 4.78 is 10.2. The highest BCUT2D eigenvalue weighted by atomic mass is 16.6. The third kappa shape index (κ3) is 7.37. The lowest BCUT2D eigenvalue weighted by molar-refractivity contribution is -0.146. The predicted octanol–water partition coefficient (Wildman–Crippen LogP) is 3.33. The van der Waals surface area contributed by atoms with Gasteiger partial charge in [-0.05, 0) is 53.2 Å². The van der Waals surface area contributed by atoms with Gasteiger partial charge in [-0.25, -0.2) is 4.79 Å². The molecule has 1 atom stereocenters. The van der Waals surface area contributed by atoms with Gasteiger partial charge < -0.3 is 14.8 Å². The van der Waals surface area contributed by atoms with Crippen LogP contribution in [-0.2, 0) is 14.3 Å². The number of aryl methyl sites for hydroxylation is 2. The molecule has 6 nitrogen and oxygen atoms in total. The quantitative estimate of drug-likeness (QED) is 0.629. The van der Waals surface area contributed by atoms with Crippen molar-refractivity contribution < 1.29 is 23.9 Å². The van der Waals surface area contributed by atoms with Gasteiger partial charge in [0.15, 0.2) is 6.10 Å². The Kier molecular flexibility index (Phi) is 7.15. The van der Waals surface area contributed by atoms with E-state index in [1.165, 1.54) is 0 Å². The van der Waals surface area contributed by atoms with Crippen molar-refractivity contribution in [2.75, 3.05) is 6.54 Å². The summed E-state index contributed by atoms with van der Waals surface area (Å²) >= 11 is 0. The number of amides is 1. The Morgan fingerprint density at radius 2 is 1.80 bits per heavy atom. The van der Waals surface area contributed by atoms with E-state index >= 15 is 0 Å². The number of benzene rings is 1. The zero-order valence-corrected chi connectivity index (χ0v) is 15.8. The van der Waals surface area contributed by atoms with Crippen molar-refractivity contribution in [1.29, 1.82) is 0 Å². The number of esters is 1. The summed E-state index contributed by atoms with van der Waals surface area (Å²) in [5.41, 5.74) is 1.75. The Balaban J connectivity index is 2.47. The fourth-order valence-electron chi connectivity index (χ4n) is 2.11. The fourth-order valence-corrected chi connectivity index (χ4v) is 2.11. The van der Waals surface area contributed by atoms with E-state index in [2.05, 4.69) is 5.32 Å². The number of rotatable bonds is 6. The average Bonchev–Trinajstić information content (AvgIpc) is 2.47. The first-order valence-corrected chi connectivity index (χ1v) is 8.27. The van der Waals surface area contributed by atoms with E-state index in [1.54, 1.807) is 33.8 Å². The van der Waals surface area contributed by atoms with Crippen LogP contribution in [0.1, 0.15) is 55.6 Å². The SMILES string of the molecule is Cc1ccc(C)c(C(=O)[C@H](C)OC(=O)CCNC(=O)OC(C)(C)C)c1. The Hall–Kier alpha value is -2.37. The first kappa shape index (κ1) is 20.7. The van der Waals surface area contributed by atoms with Crippen molar-refractivity contribution in [2.24, 2.45) is 0 Å². The highest BCUT2D eigenvalue weighted by Crippen LogP contribution is 2.14. The maximum Gasteiger partial charge on any atom is 0.407 e. The molecule has 0 bridgehead atoms. The molecule has 0 aliphatic heterocycles. The van der Waals surface area contributed by atoms with Gasteiger partial charge in [-0.2, -0.15) is 0 Å². The van der Waals surface area contributed by atoms with Crippen molar-refractivity contribution in [3.63, 3.8) is 0 Å². The number of carbonyl (C=O) groups excluding carboxylic acids is 3. The number of hydrogen-bond acceptors (Lipinski definition) is 5. The molecule has 0 aromatic heterocycles. The molecule has 1 aromatic rings. The van der Waals surface area contributed by atoms with E-state index in [1.807, 2.05) is 26.0 Å². The molecule has 1 rings (SSSR count). The van der Waals surface area contributed by atoms with Gasteiger partial charge in [0, 0.05) is 12.1 Å². The van der Waals surface area contributed by atoms with Crippen LogP contribution in [0, 0.1) is 13.8 Å². The Labute approximate surface area is 148 Å². The molecule has 138 valence electrons. The molecule has 25 heavy (non-hydrogen) atoms. The predicted molar refractivity (Wildman–Crippen MR) is 94.7 cm³/mol. The van der Waals surface area contributed by atoms with Gasteiger partial charge in [0.1, 0.15) is 5.60 Å². The monoisotopic (exact) mass is 349 g/mol. The van der Waals surface area contributed by atoms with Crippen LogP contribution in [0.15, 0.2) is 18.2 Å². The van der Waals surface area contributed by atoms with Gasteiger partial charge in [-0.15, -0.1) is 0 Å². The normalized spacial score (nSPS) is 12.2. The van der Waals surface area contributed by atoms with Crippen LogP contribution in [-0.4, -0.2) is 36.1 Å². The second-order valence-electron chi connectivity index (χ2n) is 6.99. The van der Waals surface area contributed by atoms with Crippen LogP contribution in [0.25, 0.3) is 0 Å². The number of Topliss-reactive ketones (excluding diaryl/α,β-unsaturated/α-hetero) is 1. The molecule has 0 spiro atoms. The number of ketones is 1. The van der Waals surface area contributed by atoms with Crippen molar-refractivity contribution in [2.45, 2.75) is 59.7 Å². The number of ether oxygens (including phenoxy) is 2. The summed E-state index contributed by atoms with van der Waals surface area (Å²) in [4.78, 5) is 35.8. The zero-order chi connectivity index (χ0) is 19.2. The molecular formula is C19H27NO5. The molecule has 1 N–H and O–H groups in total. The van der Waals surface area contributed by atoms with Crippen LogP contribution in [0.2, 0.25) is 0 Å². The van der Waals surface area contributed by atoms with Crippen LogP contribution in [0.4, 0.5) is 4.79 Å². The van der Waals surface area contributed by atoms with Crippen LogP contribution in [0.5, 0.6) is 0 Å². The van der Waals surface area contributed by atoms with Gasteiger partial charge in [0.05, 0.1) is 6.42 Å². The Morgan fingerprint density at radius 1 is 1.16 bits per heavy atom. The summed E-state index contributed by atoms with van der Waals surface area (Å²) in [5, 5.41) is 2.47. The largest absolute Gasteiger partial charge is 0.454 e. The van der Waals surface area contributed by atoms with Crippen molar-refractivity contribution >= 4 is 17.8 Å². The van der Waals surface area contributed by atoms with Gasteiger partial charge in [-0.3, -0.25) is 9.59 Å². The minimum absolute atomic E-state index is 0.0380. The van der Waals surface area contributed by atoms with Gasteiger partial charge in [-0.1, -0.05) is 17.7 Å². The summed E-state index contributed by atoms with van der Waals surface area (Å²) in [5.74, 6) is -0.795. The standard InChI is InChI=1S/C19H27NO5/c1-12-7-8-13(2)15(11-12)17(22)14(3)24-16(21)9-10-20-18(23)25-19(4,5)6/h7-8,11,14H,9-10H2,1-6H3,(H,20,23)/t14-/m0/s1. The molecule has 0 saturated carbocycles. The third-order valence-corrected chi connectivity index (χ3v) is 3.33. The summed E-state index contributed by atoms with van der Waals surface area (Å²) in [6.45, 7) is 10.6. The van der Waals surface area contributed by atoms with Gasteiger partial charge in [0.25, 0.3) is 0 Å². The molecule has 1 amide bonds. The topological polar surface area (TPSA) is 81.7 Å². The van der Waals surface area contributed by atoms with Crippen LogP contribution in [0.3, 0.4) is 0 Å². The van der Waals surface area contributed by atoms with E-state index in [0.717, 1.165) is 11.1 Å². The molecule has 0 unspecified atom stereocenters. The molecule has 1 aromatic carbocycles. The van der Waals surface area contributed by atoms with Crippen LogP contribution >= 0.6 is 0 Å². The molecule has 0 aliphatic carbocycles. The van der Waals surface area contributed by atoms with Gasteiger partial charge >= 0.3 is 12.1 Å². The van der Waals surface area contributed by atoms with Crippen molar-refractivity contribution in [1.82, 2.24) is 5.32 Å². The summed E-state index contributed by atoms with van der Waals surface area (Å²) in [6.07, 6.45) is -1.52. The highest BCUT2D eigenvalue weighted by Gasteiger charge is 2.21. The molecule has 6 heteroatoms. The molecule has 0 saturated heterocycles. The molecule has 0 aliphatic rings. The first-order chi connectivity index (χ1) is 11.5. The Morgan fingerprint density at radius 3 is 2.40 bits per heavy atom. The lowest BCUT2D eigenvalue weighted by Gasteiger charge is -2.19. The van der Waals surface area contributed by atoms with Crippen molar-refractivity contribution in [3.8, 4) is 0 Å². The van der Waals surface area contributed by atoms with E-state index in [-0.39, 0.29) is 18.7 Å². The average molecular weight is 349 g/mol. The molecule has 0 radical (unpaired) electrons. The first-order valence-electron chi connectivity index (χ1n) is 8.27. The number of carbonyl (C=O) groups is 3. The molecule has 0 heterocycles. The van der Waals surface area contributed by atoms with E-state index < -0.39 is 23.8 Å². The summed E-state index contributed by atoms with van der Waals surface area (Å²) in [6, 6.07) is 5.57. The highest BCUT2D eigenvalue weighted by molar-refractivity contribution is 6.01. The second-order valence-corrected chi connectivity index (χ2v) is 6.99.